The van der Waals surface area contributed by atoms with Crippen molar-refractivity contribution in [1.29, 1.82) is 0 Å². The van der Waals surface area contributed by atoms with Gasteiger partial charge in [-0.15, -0.1) is 11.3 Å². The van der Waals surface area contributed by atoms with Crippen molar-refractivity contribution < 1.29 is 18.0 Å². The second-order valence-corrected chi connectivity index (χ2v) is 9.90. The highest BCUT2D eigenvalue weighted by Gasteiger charge is 2.18. The number of thiophene rings is 1. The van der Waals surface area contributed by atoms with Crippen LogP contribution < -0.4 is 10.6 Å². The highest BCUT2D eigenvalue weighted by molar-refractivity contribution is 7.89. The molecule has 0 unspecified atom stereocenters. The van der Waals surface area contributed by atoms with Crippen molar-refractivity contribution >= 4 is 56.2 Å². The summed E-state index contributed by atoms with van der Waals surface area (Å²) in [7, 11) is -0.767. The lowest BCUT2D eigenvalue weighted by Crippen LogP contribution is -2.22. The van der Waals surface area contributed by atoms with Gasteiger partial charge in [0, 0.05) is 25.3 Å². The molecule has 2 N–H and O–H groups in total. The number of anilines is 2. The lowest BCUT2D eigenvalue weighted by molar-refractivity contribution is 0.101. The number of halogens is 1. The lowest BCUT2D eigenvalue weighted by atomic mass is 10.1. The van der Waals surface area contributed by atoms with E-state index in [9.17, 15) is 18.0 Å². The number of nitrogens with zero attached hydrogens (tertiary/aromatic N) is 1. The summed E-state index contributed by atoms with van der Waals surface area (Å²) in [4.78, 5) is 25.5. The SMILES string of the molecule is CN(C)S(=O)(=O)c1cccc(NC(=O)c2ccc(Cl)c(NC(=O)c3cccs3)c2)c1. The standard InChI is InChI=1S/C20H18ClN3O4S2/c1-24(2)30(27,28)15-6-3-5-14(12-15)22-19(25)13-8-9-16(21)17(11-13)23-20(26)18-7-4-10-29-18/h3-12H,1-2H3,(H,22,25)(H,23,26). The molecule has 0 saturated heterocycles. The first-order chi connectivity index (χ1) is 14.2. The van der Waals surface area contributed by atoms with Crippen molar-refractivity contribution in [3.05, 3.63) is 75.4 Å². The number of rotatable bonds is 6. The second-order valence-electron chi connectivity index (χ2n) is 6.40. The summed E-state index contributed by atoms with van der Waals surface area (Å²) < 4.78 is 25.7. The normalized spacial score (nSPS) is 11.3. The molecule has 3 rings (SSSR count). The van der Waals surface area contributed by atoms with Crippen molar-refractivity contribution in [2.24, 2.45) is 0 Å². The molecule has 30 heavy (non-hydrogen) atoms. The molecule has 1 aromatic heterocycles. The molecule has 156 valence electrons. The smallest absolute Gasteiger partial charge is 0.265 e. The van der Waals surface area contributed by atoms with Gasteiger partial charge in [0.25, 0.3) is 11.8 Å². The van der Waals surface area contributed by atoms with Gasteiger partial charge in [-0.2, -0.15) is 0 Å². The van der Waals surface area contributed by atoms with Gasteiger partial charge in [-0.05, 0) is 47.8 Å². The maximum atomic E-state index is 12.7. The van der Waals surface area contributed by atoms with Crippen LogP contribution in [-0.4, -0.2) is 38.6 Å². The van der Waals surface area contributed by atoms with Gasteiger partial charge in [0.2, 0.25) is 10.0 Å². The third kappa shape index (κ3) is 4.88. The van der Waals surface area contributed by atoms with E-state index in [2.05, 4.69) is 10.6 Å². The molecule has 2 amide bonds. The third-order valence-electron chi connectivity index (χ3n) is 4.09. The molecule has 1 heterocycles. The van der Waals surface area contributed by atoms with E-state index in [1.807, 2.05) is 0 Å². The van der Waals surface area contributed by atoms with Crippen molar-refractivity contribution in [3.8, 4) is 0 Å². The Morgan fingerprint density at radius 3 is 2.40 bits per heavy atom. The van der Waals surface area contributed by atoms with Gasteiger partial charge in [-0.25, -0.2) is 12.7 Å². The molecule has 0 saturated carbocycles. The molecule has 0 bridgehead atoms. The Kier molecular flexibility index (Phi) is 6.57. The molecule has 0 spiro atoms. The number of amides is 2. The third-order valence-corrected chi connectivity index (χ3v) is 7.10. The fourth-order valence-corrected chi connectivity index (χ4v) is 4.23. The lowest BCUT2D eigenvalue weighted by Gasteiger charge is -2.13. The molecule has 7 nitrogen and oxygen atoms in total. The van der Waals surface area contributed by atoms with Crippen LogP contribution in [0.25, 0.3) is 0 Å². The van der Waals surface area contributed by atoms with Crippen LogP contribution >= 0.6 is 22.9 Å². The number of sulfonamides is 1. The van der Waals surface area contributed by atoms with E-state index in [0.29, 0.717) is 16.3 Å². The topological polar surface area (TPSA) is 95.6 Å². The van der Waals surface area contributed by atoms with E-state index in [1.54, 1.807) is 29.6 Å². The number of hydrogen-bond donors (Lipinski definition) is 2. The van der Waals surface area contributed by atoms with Crippen molar-refractivity contribution in [2.75, 3.05) is 24.7 Å². The monoisotopic (exact) mass is 463 g/mol. The molecule has 0 aliphatic rings. The number of carbonyl (C=O) groups is 2. The zero-order valence-electron chi connectivity index (χ0n) is 16.0. The minimum Gasteiger partial charge on any atom is -0.322 e. The Hall–Kier alpha value is -2.72. The first-order valence-electron chi connectivity index (χ1n) is 8.67. The molecule has 0 atom stereocenters. The summed E-state index contributed by atoms with van der Waals surface area (Å²) in [5, 5.41) is 7.42. The van der Waals surface area contributed by atoms with Gasteiger partial charge in [0.15, 0.2) is 0 Å². The molecule has 0 aliphatic heterocycles. The van der Waals surface area contributed by atoms with Crippen molar-refractivity contribution in [1.82, 2.24) is 4.31 Å². The van der Waals surface area contributed by atoms with Gasteiger partial charge < -0.3 is 10.6 Å². The Labute approximate surface area is 183 Å². The number of hydrogen-bond acceptors (Lipinski definition) is 5. The van der Waals surface area contributed by atoms with E-state index >= 15 is 0 Å². The molecule has 0 aliphatic carbocycles. The van der Waals surface area contributed by atoms with Crippen LogP contribution in [0.4, 0.5) is 11.4 Å². The Balaban J connectivity index is 1.80. The van der Waals surface area contributed by atoms with Gasteiger partial charge >= 0.3 is 0 Å². The van der Waals surface area contributed by atoms with Crippen LogP contribution in [0.5, 0.6) is 0 Å². The zero-order chi connectivity index (χ0) is 21.9. The Bertz CT molecular complexity index is 1190. The van der Waals surface area contributed by atoms with Crippen LogP contribution in [-0.2, 0) is 10.0 Å². The maximum Gasteiger partial charge on any atom is 0.265 e. The van der Waals surface area contributed by atoms with E-state index in [-0.39, 0.29) is 21.4 Å². The van der Waals surface area contributed by atoms with Crippen LogP contribution in [0.15, 0.2) is 64.9 Å². The molecule has 2 aromatic carbocycles. The number of carbonyl (C=O) groups excluding carboxylic acids is 2. The Morgan fingerprint density at radius 1 is 0.967 bits per heavy atom. The summed E-state index contributed by atoms with van der Waals surface area (Å²) in [5.74, 6) is -0.802. The van der Waals surface area contributed by atoms with Gasteiger partial charge in [0.1, 0.15) is 0 Å². The van der Waals surface area contributed by atoms with E-state index in [0.717, 1.165) is 4.31 Å². The van der Waals surface area contributed by atoms with Gasteiger partial charge in [-0.1, -0.05) is 23.7 Å². The zero-order valence-corrected chi connectivity index (χ0v) is 18.4. The molecular weight excluding hydrogens is 446 g/mol. The molecule has 10 heteroatoms. The quantitative estimate of drug-likeness (QED) is 0.573. The highest BCUT2D eigenvalue weighted by Crippen LogP contribution is 2.25. The van der Waals surface area contributed by atoms with E-state index in [4.69, 9.17) is 11.6 Å². The van der Waals surface area contributed by atoms with Crippen LogP contribution in [0, 0.1) is 0 Å². The van der Waals surface area contributed by atoms with Gasteiger partial charge in [-0.3, -0.25) is 9.59 Å². The largest absolute Gasteiger partial charge is 0.322 e. The number of benzene rings is 2. The summed E-state index contributed by atoms with van der Waals surface area (Å²) in [5.41, 5.74) is 0.871. The predicted octanol–water partition coefficient (Wildman–Crippen LogP) is 4.16. The number of nitrogens with one attached hydrogen (secondary N) is 2. The predicted molar refractivity (Wildman–Crippen MR) is 119 cm³/mol. The van der Waals surface area contributed by atoms with Crippen molar-refractivity contribution in [2.45, 2.75) is 4.90 Å². The minimum absolute atomic E-state index is 0.0605. The first kappa shape index (κ1) is 22.0. The van der Waals surface area contributed by atoms with Gasteiger partial charge in [0.05, 0.1) is 20.5 Å². The molecule has 0 radical (unpaired) electrons. The first-order valence-corrected chi connectivity index (χ1v) is 11.4. The average Bonchev–Trinajstić information content (AvgIpc) is 3.24. The summed E-state index contributed by atoms with van der Waals surface area (Å²) in [6.07, 6.45) is 0. The van der Waals surface area contributed by atoms with E-state index in [1.165, 1.54) is 55.8 Å². The summed E-state index contributed by atoms with van der Waals surface area (Å²) in [6, 6.07) is 13.9. The fourth-order valence-electron chi connectivity index (χ4n) is 2.50. The maximum absolute atomic E-state index is 12.7. The summed E-state index contributed by atoms with van der Waals surface area (Å²) >= 11 is 7.44. The molecule has 0 fully saturated rings. The van der Waals surface area contributed by atoms with Crippen LogP contribution in [0.3, 0.4) is 0 Å². The molecular formula is C20H18ClN3O4S2. The Morgan fingerprint density at radius 2 is 1.73 bits per heavy atom. The highest BCUT2D eigenvalue weighted by atomic mass is 35.5. The average molecular weight is 464 g/mol. The molecule has 3 aromatic rings. The summed E-state index contributed by atoms with van der Waals surface area (Å²) in [6.45, 7) is 0. The fraction of sp³-hybridized carbons (Fsp3) is 0.100. The van der Waals surface area contributed by atoms with Crippen LogP contribution in [0.1, 0.15) is 20.0 Å². The van der Waals surface area contributed by atoms with Crippen molar-refractivity contribution in [3.63, 3.8) is 0 Å². The van der Waals surface area contributed by atoms with E-state index < -0.39 is 15.9 Å². The minimum atomic E-state index is -3.63. The van der Waals surface area contributed by atoms with Crippen LogP contribution in [0.2, 0.25) is 5.02 Å². The second kappa shape index (κ2) is 8.97.